The summed E-state index contributed by atoms with van der Waals surface area (Å²) >= 11 is 0. The highest BCUT2D eigenvalue weighted by Crippen LogP contribution is 2.12. The van der Waals surface area contributed by atoms with Gasteiger partial charge in [0.05, 0.1) is 11.4 Å². The molecular weight excluding hydrogens is 302 g/mol. The second-order valence-electron chi connectivity index (χ2n) is 5.17. The van der Waals surface area contributed by atoms with Crippen molar-refractivity contribution in [2.24, 2.45) is 0 Å². The highest BCUT2D eigenvalue weighted by molar-refractivity contribution is 5.93. The number of likely N-dealkylation sites (N-methyl/N-ethyl adjacent to an activating group) is 1. The van der Waals surface area contributed by atoms with Gasteiger partial charge >= 0.3 is 0 Å². The Bertz CT molecular complexity index is 623. The maximum atomic E-state index is 12.1. The van der Waals surface area contributed by atoms with Gasteiger partial charge in [-0.1, -0.05) is 22.9 Å². The second kappa shape index (κ2) is 7.91. The van der Waals surface area contributed by atoms with E-state index >= 15 is 0 Å². The fourth-order valence-electron chi connectivity index (χ4n) is 1.90. The zero-order valence-corrected chi connectivity index (χ0v) is 14.1. The molecule has 1 unspecified atom stereocenters. The number of benzene rings is 1. The van der Waals surface area contributed by atoms with Crippen LogP contribution in [-0.2, 0) is 0 Å². The first-order chi connectivity index (χ1) is 10.0. The maximum absolute atomic E-state index is 12.1. The van der Waals surface area contributed by atoms with Gasteiger partial charge in [-0.2, -0.15) is 0 Å². The van der Waals surface area contributed by atoms with Crippen LogP contribution in [0.1, 0.15) is 28.7 Å². The van der Waals surface area contributed by atoms with E-state index in [0.29, 0.717) is 12.2 Å². The average molecular weight is 324 g/mol. The van der Waals surface area contributed by atoms with Crippen LogP contribution in [0.5, 0.6) is 0 Å². The van der Waals surface area contributed by atoms with Crippen LogP contribution in [0, 0.1) is 13.8 Å². The standard InChI is InChI=1S/C15H21N5O.ClH/c1-10-5-7-13(8-6-10)20-12(3)14(18-19-20)15(21)17-9-11(2)16-4;/h5-8,11,16H,9H2,1-4H3,(H,17,21);1H. The molecule has 2 rings (SSSR count). The molecule has 7 heteroatoms. The summed E-state index contributed by atoms with van der Waals surface area (Å²) in [7, 11) is 1.86. The van der Waals surface area contributed by atoms with E-state index in [-0.39, 0.29) is 24.4 Å². The van der Waals surface area contributed by atoms with Gasteiger partial charge in [0, 0.05) is 12.6 Å². The van der Waals surface area contributed by atoms with Crippen LogP contribution in [0.4, 0.5) is 0 Å². The zero-order chi connectivity index (χ0) is 15.4. The molecule has 1 aromatic carbocycles. The van der Waals surface area contributed by atoms with Gasteiger partial charge in [0.2, 0.25) is 0 Å². The van der Waals surface area contributed by atoms with Crippen LogP contribution in [0.2, 0.25) is 0 Å². The van der Waals surface area contributed by atoms with Gasteiger partial charge < -0.3 is 10.6 Å². The third-order valence-electron chi connectivity index (χ3n) is 3.45. The Balaban J connectivity index is 0.00000242. The van der Waals surface area contributed by atoms with Gasteiger partial charge in [0.15, 0.2) is 5.69 Å². The van der Waals surface area contributed by atoms with E-state index in [4.69, 9.17) is 0 Å². The molecule has 120 valence electrons. The quantitative estimate of drug-likeness (QED) is 0.877. The minimum atomic E-state index is -0.201. The van der Waals surface area contributed by atoms with Gasteiger partial charge in [-0.15, -0.1) is 17.5 Å². The first-order valence-corrected chi connectivity index (χ1v) is 6.97. The number of hydrogen-bond donors (Lipinski definition) is 2. The number of nitrogens with zero attached hydrogens (tertiary/aromatic N) is 3. The Hall–Kier alpha value is -1.92. The van der Waals surface area contributed by atoms with Crippen molar-refractivity contribution in [3.05, 3.63) is 41.2 Å². The molecule has 0 aliphatic rings. The molecule has 1 amide bonds. The third kappa shape index (κ3) is 4.05. The van der Waals surface area contributed by atoms with Gasteiger partial charge in [0.1, 0.15) is 0 Å². The number of halogens is 1. The molecule has 0 fully saturated rings. The van der Waals surface area contributed by atoms with Crippen molar-refractivity contribution in [3.63, 3.8) is 0 Å². The fraction of sp³-hybridized carbons (Fsp3) is 0.400. The molecular formula is C15H22ClN5O. The molecule has 2 aromatic rings. The lowest BCUT2D eigenvalue weighted by Crippen LogP contribution is -2.37. The van der Waals surface area contributed by atoms with E-state index in [9.17, 15) is 4.79 Å². The Morgan fingerprint density at radius 3 is 2.50 bits per heavy atom. The lowest BCUT2D eigenvalue weighted by molar-refractivity contribution is 0.0945. The summed E-state index contributed by atoms with van der Waals surface area (Å²) in [5.41, 5.74) is 3.16. The highest BCUT2D eigenvalue weighted by Gasteiger charge is 2.17. The summed E-state index contributed by atoms with van der Waals surface area (Å²) in [5, 5.41) is 14.0. The fourth-order valence-corrected chi connectivity index (χ4v) is 1.90. The van der Waals surface area contributed by atoms with Crippen molar-refractivity contribution in [2.45, 2.75) is 26.8 Å². The average Bonchev–Trinajstić information content (AvgIpc) is 2.87. The van der Waals surface area contributed by atoms with Crippen LogP contribution in [0.15, 0.2) is 24.3 Å². The Kier molecular flexibility index (Phi) is 6.52. The van der Waals surface area contributed by atoms with Gasteiger partial charge in [-0.25, -0.2) is 4.68 Å². The van der Waals surface area contributed by atoms with Crippen molar-refractivity contribution in [1.82, 2.24) is 25.6 Å². The molecule has 0 saturated carbocycles. The molecule has 0 spiro atoms. The zero-order valence-electron chi connectivity index (χ0n) is 13.3. The molecule has 1 atom stereocenters. The number of aromatic nitrogens is 3. The van der Waals surface area contributed by atoms with Crippen molar-refractivity contribution < 1.29 is 4.79 Å². The Labute approximate surface area is 136 Å². The normalized spacial score (nSPS) is 11.6. The minimum Gasteiger partial charge on any atom is -0.349 e. The molecule has 1 heterocycles. The van der Waals surface area contributed by atoms with Crippen molar-refractivity contribution in [2.75, 3.05) is 13.6 Å². The number of carbonyl (C=O) groups is 1. The number of nitrogens with one attached hydrogen (secondary N) is 2. The first kappa shape index (κ1) is 18.1. The van der Waals surface area contributed by atoms with E-state index in [2.05, 4.69) is 20.9 Å². The van der Waals surface area contributed by atoms with Gasteiger partial charge in [-0.05, 0) is 40.0 Å². The van der Waals surface area contributed by atoms with Crippen molar-refractivity contribution in [1.29, 1.82) is 0 Å². The van der Waals surface area contributed by atoms with Crippen LogP contribution < -0.4 is 10.6 Å². The lowest BCUT2D eigenvalue weighted by atomic mass is 10.2. The van der Waals surface area contributed by atoms with Crippen LogP contribution >= 0.6 is 12.4 Å². The van der Waals surface area contributed by atoms with E-state index in [1.807, 2.05) is 52.1 Å². The van der Waals surface area contributed by atoms with E-state index in [1.54, 1.807) is 4.68 Å². The number of aryl methyl sites for hydroxylation is 1. The predicted octanol–water partition coefficient (Wildman–Crippen LogP) is 1.64. The topological polar surface area (TPSA) is 71.8 Å². The van der Waals surface area contributed by atoms with Gasteiger partial charge in [-0.3, -0.25) is 4.79 Å². The smallest absolute Gasteiger partial charge is 0.273 e. The van der Waals surface area contributed by atoms with Crippen LogP contribution in [0.3, 0.4) is 0 Å². The minimum absolute atomic E-state index is 0. The first-order valence-electron chi connectivity index (χ1n) is 6.97. The summed E-state index contributed by atoms with van der Waals surface area (Å²) in [4.78, 5) is 12.1. The van der Waals surface area contributed by atoms with E-state index in [1.165, 1.54) is 5.56 Å². The summed E-state index contributed by atoms with van der Waals surface area (Å²) in [5.74, 6) is -0.201. The summed E-state index contributed by atoms with van der Waals surface area (Å²) < 4.78 is 1.68. The lowest BCUT2D eigenvalue weighted by Gasteiger charge is -2.10. The number of carbonyl (C=O) groups excluding carboxylic acids is 1. The molecule has 6 nitrogen and oxygen atoms in total. The van der Waals surface area contributed by atoms with E-state index < -0.39 is 0 Å². The van der Waals surface area contributed by atoms with Crippen molar-refractivity contribution >= 4 is 18.3 Å². The molecule has 22 heavy (non-hydrogen) atoms. The Morgan fingerprint density at radius 2 is 1.91 bits per heavy atom. The summed E-state index contributed by atoms with van der Waals surface area (Å²) in [6, 6.07) is 8.14. The highest BCUT2D eigenvalue weighted by atomic mass is 35.5. The monoisotopic (exact) mass is 323 g/mol. The van der Waals surface area contributed by atoms with Crippen LogP contribution in [0.25, 0.3) is 5.69 Å². The molecule has 0 aliphatic heterocycles. The predicted molar refractivity (Wildman–Crippen MR) is 88.9 cm³/mol. The third-order valence-corrected chi connectivity index (χ3v) is 3.45. The maximum Gasteiger partial charge on any atom is 0.273 e. The van der Waals surface area contributed by atoms with E-state index in [0.717, 1.165) is 11.4 Å². The van der Waals surface area contributed by atoms with Crippen molar-refractivity contribution in [3.8, 4) is 5.69 Å². The molecule has 0 bridgehead atoms. The molecule has 1 aromatic heterocycles. The molecule has 2 N–H and O–H groups in total. The summed E-state index contributed by atoms with van der Waals surface area (Å²) in [6.45, 7) is 6.42. The Morgan fingerprint density at radius 1 is 1.27 bits per heavy atom. The second-order valence-corrected chi connectivity index (χ2v) is 5.17. The molecule has 0 saturated heterocycles. The largest absolute Gasteiger partial charge is 0.349 e. The number of hydrogen-bond acceptors (Lipinski definition) is 4. The van der Waals surface area contributed by atoms with Crippen LogP contribution in [-0.4, -0.2) is 40.5 Å². The van der Waals surface area contributed by atoms with Gasteiger partial charge in [0.25, 0.3) is 5.91 Å². The number of rotatable bonds is 5. The summed E-state index contributed by atoms with van der Waals surface area (Å²) in [6.07, 6.45) is 0. The molecule has 0 radical (unpaired) electrons. The molecule has 0 aliphatic carbocycles. The number of amides is 1. The SMILES string of the molecule is CNC(C)CNC(=O)c1nnn(-c2ccc(C)cc2)c1C.Cl.